The Labute approximate surface area is 100 Å². The van der Waals surface area contributed by atoms with Crippen molar-refractivity contribution in [2.45, 2.75) is 0 Å². The second-order valence-electron chi connectivity index (χ2n) is 3.09. The van der Waals surface area contributed by atoms with Crippen molar-refractivity contribution in [3.8, 4) is 0 Å². The highest BCUT2D eigenvalue weighted by Crippen LogP contribution is 2.18. The van der Waals surface area contributed by atoms with Crippen LogP contribution in [0.1, 0.15) is 10.5 Å². The number of hydrogen-bond acceptors (Lipinski definition) is 2. The van der Waals surface area contributed by atoms with Crippen molar-refractivity contribution in [2.24, 2.45) is 0 Å². The van der Waals surface area contributed by atoms with Crippen LogP contribution in [0.2, 0.25) is 5.02 Å². The number of nitrogens with zero attached hydrogens (tertiary/aromatic N) is 1. The maximum absolute atomic E-state index is 11.4. The minimum Gasteiger partial charge on any atom is -0.291 e. The first kappa shape index (κ1) is 10.6. The normalized spacial score (nSPS) is 10.5. The standard InChI is InChI=1S/C11H7BrClNO/c12-6-11(15)10-3-1-7-5-8(13)2-4-9(7)14-10/h1-5H,6H2. The van der Waals surface area contributed by atoms with E-state index < -0.39 is 0 Å². The number of fused-ring (bicyclic) bond motifs is 1. The summed E-state index contributed by atoms with van der Waals surface area (Å²) in [7, 11) is 0. The topological polar surface area (TPSA) is 30.0 Å². The SMILES string of the molecule is O=C(CBr)c1ccc2cc(Cl)ccc2n1. The van der Waals surface area contributed by atoms with E-state index in [1.165, 1.54) is 0 Å². The summed E-state index contributed by atoms with van der Waals surface area (Å²) in [5.74, 6) is -0.0214. The summed E-state index contributed by atoms with van der Waals surface area (Å²) in [5.41, 5.74) is 1.26. The Hall–Kier alpha value is -0.930. The lowest BCUT2D eigenvalue weighted by atomic mass is 10.2. The number of halogens is 2. The number of benzene rings is 1. The van der Waals surface area contributed by atoms with Gasteiger partial charge in [0, 0.05) is 10.4 Å². The number of alkyl halides is 1. The van der Waals surface area contributed by atoms with Gasteiger partial charge in [0.05, 0.1) is 10.8 Å². The van der Waals surface area contributed by atoms with Gasteiger partial charge in [0.15, 0.2) is 5.78 Å². The molecule has 0 spiro atoms. The van der Waals surface area contributed by atoms with Gasteiger partial charge in [-0.15, -0.1) is 0 Å². The van der Waals surface area contributed by atoms with Crippen LogP contribution in [0.4, 0.5) is 0 Å². The molecular weight excluding hydrogens is 277 g/mol. The summed E-state index contributed by atoms with van der Waals surface area (Å²) in [5, 5.41) is 1.90. The Bertz CT molecular complexity index is 527. The van der Waals surface area contributed by atoms with Gasteiger partial charge < -0.3 is 0 Å². The van der Waals surface area contributed by atoms with Crippen molar-refractivity contribution in [3.63, 3.8) is 0 Å². The van der Waals surface area contributed by atoms with Crippen molar-refractivity contribution >= 4 is 44.2 Å². The average Bonchev–Trinajstić information content (AvgIpc) is 2.27. The van der Waals surface area contributed by atoms with Crippen LogP contribution in [0.25, 0.3) is 10.9 Å². The Morgan fingerprint density at radius 1 is 1.33 bits per heavy atom. The molecule has 0 unspecified atom stereocenters. The molecule has 15 heavy (non-hydrogen) atoms. The molecule has 0 N–H and O–H groups in total. The molecule has 76 valence electrons. The van der Waals surface area contributed by atoms with E-state index in [0.29, 0.717) is 16.0 Å². The van der Waals surface area contributed by atoms with Crippen molar-refractivity contribution in [1.29, 1.82) is 0 Å². The van der Waals surface area contributed by atoms with Gasteiger partial charge in [-0.25, -0.2) is 4.98 Å². The van der Waals surface area contributed by atoms with Crippen LogP contribution in [0.5, 0.6) is 0 Å². The molecule has 0 atom stereocenters. The number of carbonyl (C=O) groups excluding carboxylic acids is 1. The predicted molar refractivity (Wildman–Crippen MR) is 64.9 cm³/mol. The lowest BCUT2D eigenvalue weighted by molar-refractivity contribution is 0.101. The molecule has 0 aliphatic rings. The Kier molecular flexibility index (Phi) is 3.03. The third-order valence-electron chi connectivity index (χ3n) is 2.06. The second kappa shape index (κ2) is 4.29. The zero-order valence-corrected chi connectivity index (χ0v) is 10.0. The fraction of sp³-hybridized carbons (Fsp3) is 0.0909. The van der Waals surface area contributed by atoms with Crippen LogP contribution in [0.3, 0.4) is 0 Å². The molecule has 2 rings (SSSR count). The molecule has 0 amide bonds. The minimum atomic E-state index is -0.0214. The van der Waals surface area contributed by atoms with Gasteiger partial charge in [0.1, 0.15) is 5.69 Å². The lowest BCUT2D eigenvalue weighted by Crippen LogP contribution is -2.02. The highest BCUT2D eigenvalue weighted by molar-refractivity contribution is 9.09. The molecule has 0 aliphatic carbocycles. The van der Waals surface area contributed by atoms with E-state index in [-0.39, 0.29) is 5.78 Å². The maximum atomic E-state index is 11.4. The molecule has 1 aromatic carbocycles. The number of rotatable bonds is 2. The van der Waals surface area contributed by atoms with E-state index in [2.05, 4.69) is 20.9 Å². The molecule has 0 radical (unpaired) electrons. The van der Waals surface area contributed by atoms with Gasteiger partial charge in [-0.3, -0.25) is 4.79 Å². The van der Waals surface area contributed by atoms with Crippen LogP contribution in [-0.4, -0.2) is 16.1 Å². The van der Waals surface area contributed by atoms with Crippen LogP contribution in [0.15, 0.2) is 30.3 Å². The van der Waals surface area contributed by atoms with E-state index in [0.717, 1.165) is 10.9 Å². The third-order valence-corrected chi connectivity index (χ3v) is 2.80. The molecule has 0 saturated carbocycles. The summed E-state index contributed by atoms with van der Waals surface area (Å²) in [6.07, 6.45) is 0. The fourth-order valence-corrected chi connectivity index (χ4v) is 1.79. The predicted octanol–water partition coefficient (Wildman–Crippen LogP) is 3.47. The molecule has 1 aromatic heterocycles. The molecule has 0 bridgehead atoms. The van der Waals surface area contributed by atoms with Gasteiger partial charge in [0.2, 0.25) is 0 Å². The van der Waals surface area contributed by atoms with Crippen LogP contribution >= 0.6 is 27.5 Å². The third kappa shape index (κ3) is 2.19. The maximum Gasteiger partial charge on any atom is 0.191 e. The molecule has 0 fully saturated rings. The number of ketones is 1. The number of aromatic nitrogens is 1. The Morgan fingerprint density at radius 3 is 2.87 bits per heavy atom. The molecular formula is C11H7BrClNO. The number of carbonyl (C=O) groups is 1. The van der Waals surface area contributed by atoms with Crippen molar-refractivity contribution < 1.29 is 4.79 Å². The summed E-state index contributed by atoms with van der Waals surface area (Å²) in [4.78, 5) is 15.6. The van der Waals surface area contributed by atoms with Crippen LogP contribution in [0, 0.1) is 0 Å². The summed E-state index contributed by atoms with van der Waals surface area (Å²) < 4.78 is 0. The van der Waals surface area contributed by atoms with Crippen molar-refractivity contribution in [1.82, 2.24) is 4.98 Å². The Balaban J connectivity index is 2.57. The van der Waals surface area contributed by atoms with E-state index in [9.17, 15) is 4.79 Å². The summed E-state index contributed by atoms with van der Waals surface area (Å²) in [6, 6.07) is 8.96. The van der Waals surface area contributed by atoms with Gasteiger partial charge in [-0.2, -0.15) is 0 Å². The smallest absolute Gasteiger partial charge is 0.191 e. The summed E-state index contributed by atoms with van der Waals surface area (Å²) >= 11 is 8.96. The molecule has 0 aliphatic heterocycles. The van der Waals surface area contributed by atoms with Gasteiger partial charge in [0.25, 0.3) is 0 Å². The number of pyridine rings is 1. The van der Waals surface area contributed by atoms with E-state index in [1.807, 2.05) is 18.2 Å². The number of Topliss-reactive ketones (excluding diaryl/α,β-unsaturated/α-hetero) is 1. The molecule has 1 heterocycles. The molecule has 0 saturated heterocycles. The monoisotopic (exact) mass is 283 g/mol. The quantitative estimate of drug-likeness (QED) is 0.624. The van der Waals surface area contributed by atoms with Crippen LogP contribution < -0.4 is 0 Å². The minimum absolute atomic E-state index is 0.0214. The molecule has 4 heteroatoms. The first-order valence-corrected chi connectivity index (χ1v) is 5.86. The zero-order valence-electron chi connectivity index (χ0n) is 7.71. The summed E-state index contributed by atoms with van der Waals surface area (Å²) in [6.45, 7) is 0. The lowest BCUT2D eigenvalue weighted by Gasteiger charge is -2.00. The number of hydrogen-bond donors (Lipinski definition) is 0. The molecule has 2 aromatic rings. The fourth-order valence-electron chi connectivity index (χ4n) is 1.32. The zero-order chi connectivity index (χ0) is 10.8. The van der Waals surface area contributed by atoms with E-state index in [4.69, 9.17) is 11.6 Å². The van der Waals surface area contributed by atoms with Gasteiger partial charge in [-0.05, 0) is 24.3 Å². The largest absolute Gasteiger partial charge is 0.291 e. The highest BCUT2D eigenvalue weighted by Gasteiger charge is 2.06. The van der Waals surface area contributed by atoms with Gasteiger partial charge in [-0.1, -0.05) is 33.6 Å². The van der Waals surface area contributed by atoms with Gasteiger partial charge >= 0.3 is 0 Å². The van der Waals surface area contributed by atoms with E-state index in [1.54, 1.807) is 12.1 Å². The second-order valence-corrected chi connectivity index (χ2v) is 4.09. The van der Waals surface area contributed by atoms with E-state index >= 15 is 0 Å². The first-order chi connectivity index (χ1) is 7.20. The van der Waals surface area contributed by atoms with Crippen LogP contribution in [-0.2, 0) is 0 Å². The van der Waals surface area contributed by atoms with Crippen molar-refractivity contribution in [2.75, 3.05) is 5.33 Å². The first-order valence-electron chi connectivity index (χ1n) is 4.36. The molecule has 2 nitrogen and oxygen atoms in total. The Morgan fingerprint density at radius 2 is 2.13 bits per heavy atom. The van der Waals surface area contributed by atoms with Crippen molar-refractivity contribution in [3.05, 3.63) is 41.0 Å². The average molecular weight is 285 g/mol. The highest BCUT2D eigenvalue weighted by atomic mass is 79.9.